The predicted octanol–water partition coefficient (Wildman–Crippen LogP) is 2.55. The van der Waals surface area contributed by atoms with Gasteiger partial charge in [-0.25, -0.2) is 8.42 Å². The number of carbonyl (C=O) groups excluding carboxylic acids is 1. The molecule has 1 atom stereocenters. The van der Waals surface area contributed by atoms with Crippen molar-refractivity contribution in [2.45, 2.75) is 57.3 Å². The summed E-state index contributed by atoms with van der Waals surface area (Å²) >= 11 is 0. The van der Waals surface area contributed by atoms with E-state index in [1.165, 1.54) is 12.1 Å². The van der Waals surface area contributed by atoms with Gasteiger partial charge in [0.2, 0.25) is 10.0 Å². The van der Waals surface area contributed by atoms with Gasteiger partial charge in [-0.05, 0) is 51.3 Å². The van der Waals surface area contributed by atoms with Crippen molar-refractivity contribution in [3.8, 4) is 5.75 Å². The fourth-order valence-electron chi connectivity index (χ4n) is 2.73. The van der Waals surface area contributed by atoms with Crippen LogP contribution in [0.3, 0.4) is 0 Å². The highest BCUT2D eigenvalue weighted by molar-refractivity contribution is 7.89. The van der Waals surface area contributed by atoms with Crippen LogP contribution in [0.1, 0.15) is 39.2 Å². The van der Waals surface area contributed by atoms with Crippen LogP contribution in [0.4, 0.5) is 13.2 Å². The van der Waals surface area contributed by atoms with Crippen LogP contribution in [-0.4, -0.2) is 50.0 Å². The van der Waals surface area contributed by atoms with Crippen LogP contribution in [0.25, 0.3) is 0 Å². The number of rotatable bonds is 5. The molecule has 0 bridgehead atoms. The Labute approximate surface area is 173 Å². The highest BCUT2D eigenvalue weighted by Crippen LogP contribution is 2.29. The first kappa shape index (κ1) is 24.4. The van der Waals surface area contributed by atoms with E-state index < -0.39 is 49.0 Å². The van der Waals surface area contributed by atoms with Crippen molar-refractivity contribution in [3.05, 3.63) is 29.8 Å². The van der Waals surface area contributed by atoms with E-state index in [4.69, 9.17) is 4.74 Å². The smallest absolute Gasteiger partial charge is 0.459 e. The summed E-state index contributed by atoms with van der Waals surface area (Å²) < 4.78 is 94.7. The van der Waals surface area contributed by atoms with E-state index in [0.29, 0.717) is 5.56 Å². The number of carbonyl (C=O) groups is 1. The van der Waals surface area contributed by atoms with Gasteiger partial charge in [0.25, 0.3) is 0 Å². The largest absolute Gasteiger partial charge is 0.534 e. The van der Waals surface area contributed by atoms with E-state index in [1.807, 2.05) is 0 Å². The van der Waals surface area contributed by atoms with E-state index in [0.717, 1.165) is 16.4 Å². The Morgan fingerprint density at radius 3 is 2.23 bits per heavy atom. The van der Waals surface area contributed by atoms with Crippen LogP contribution in [0.5, 0.6) is 5.75 Å². The van der Waals surface area contributed by atoms with E-state index in [2.05, 4.69) is 4.18 Å². The second-order valence-electron chi connectivity index (χ2n) is 7.68. The van der Waals surface area contributed by atoms with E-state index >= 15 is 0 Å². The van der Waals surface area contributed by atoms with Crippen LogP contribution >= 0.6 is 0 Å². The molecule has 0 radical (unpaired) electrons. The minimum Gasteiger partial charge on any atom is -0.459 e. The second-order valence-corrected chi connectivity index (χ2v) is 11.3. The molecule has 1 heterocycles. The molecule has 0 aromatic heterocycles. The van der Waals surface area contributed by atoms with Gasteiger partial charge in [0.05, 0.1) is 5.75 Å². The molecule has 0 spiro atoms. The zero-order valence-corrected chi connectivity index (χ0v) is 18.1. The summed E-state index contributed by atoms with van der Waals surface area (Å²) in [6.45, 7) is 4.72. The molecule has 1 aromatic rings. The summed E-state index contributed by atoms with van der Waals surface area (Å²) in [7, 11) is -9.59. The average molecular weight is 473 g/mol. The molecule has 1 fully saturated rings. The first-order chi connectivity index (χ1) is 13.5. The fraction of sp³-hybridized carbons (Fsp3) is 0.588. The molecule has 0 amide bonds. The molecule has 0 unspecified atom stereocenters. The summed E-state index contributed by atoms with van der Waals surface area (Å²) in [5, 5.41) is 0. The van der Waals surface area contributed by atoms with Gasteiger partial charge in [0.15, 0.2) is 0 Å². The third kappa shape index (κ3) is 6.08. The maximum Gasteiger partial charge on any atom is 0.534 e. The van der Waals surface area contributed by atoms with Crippen molar-refractivity contribution in [3.63, 3.8) is 0 Å². The average Bonchev–Trinajstić information content (AvgIpc) is 2.55. The molecule has 170 valence electrons. The van der Waals surface area contributed by atoms with Gasteiger partial charge < -0.3 is 8.92 Å². The molecule has 1 saturated heterocycles. The topological polar surface area (TPSA) is 107 Å². The Hall–Kier alpha value is -1.86. The minimum atomic E-state index is -5.81. The Kier molecular flexibility index (Phi) is 6.79. The number of nitrogens with zero attached hydrogens (tertiary/aromatic N) is 1. The minimum absolute atomic E-state index is 0.155. The van der Waals surface area contributed by atoms with Crippen molar-refractivity contribution in [1.29, 1.82) is 0 Å². The zero-order chi connectivity index (χ0) is 23.0. The number of alkyl halides is 3. The molecule has 0 aliphatic carbocycles. The summed E-state index contributed by atoms with van der Waals surface area (Å²) in [6.07, 6.45) is 0.546. The Morgan fingerprint density at radius 2 is 1.73 bits per heavy atom. The van der Waals surface area contributed by atoms with Gasteiger partial charge in [-0.3, -0.25) is 4.79 Å². The van der Waals surface area contributed by atoms with Gasteiger partial charge in [-0.1, -0.05) is 12.1 Å². The first-order valence-electron chi connectivity index (χ1n) is 8.84. The van der Waals surface area contributed by atoms with Crippen molar-refractivity contribution in [1.82, 2.24) is 4.31 Å². The van der Waals surface area contributed by atoms with E-state index in [1.54, 1.807) is 20.8 Å². The van der Waals surface area contributed by atoms with E-state index in [9.17, 15) is 34.8 Å². The first-order valence-corrected chi connectivity index (χ1v) is 11.9. The summed E-state index contributed by atoms with van der Waals surface area (Å²) in [4.78, 5) is 12.5. The second kappa shape index (κ2) is 8.35. The maximum absolute atomic E-state index is 12.5. The van der Waals surface area contributed by atoms with Crippen LogP contribution < -0.4 is 4.18 Å². The third-order valence-corrected chi connectivity index (χ3v) is 6.90. The number of ether oxygens (including phenoxy) is 1. The molecule has 0 saturated carbocycles. The lowest BCUT2D eigenvalue weighted by Crippen LogP contribution is -2.50. The molecule has 8 nitrogen and oxygen atoms in total. The molecule has 1 aromatic carbocycles. The third-order valence-electron chi connectivity index (χ3n) is 4.01. The highest BCUT2D eigenvalue weighted by Gasteiger charge is 2.48. The van der Waals surface area contributed by atoms with Gasteiger partial charge in [-0.2, -0.15) is 25.9 Å². The van der Waals surface area contributed by atoms with Gasteiger partial charge in [-0.15, -0.1) is 0 Å². The number of esters is 1. The lowest BCUT2D eigenvalue weighted by Gasteiger charge is -2.35. The van der Waals surface area contributed by atoms with Crippen molar-refractivity contribution in [2.75, 3.05) is 5.75 Å². The molecule has 2 rings (SSSR count). The Bertz CT molecular complexity index is 982. The normalized spacial score (nSPS) is 20.5. The molecule has 1 aliphatic rings. The van der Waals surface area contributed by atoms with E-state index in [-0.39, 0.29) is 25.1 Å². The monoisotopic (exact) mass is 473 g/mol. The lowest BCUT2D eigenvalue weighted by atomic mass is 10.1. The molecular formula is C17H22F3NO7S2. The van der Waals surface area contributed by atoms with Gasteiger partial charge in [0.1, 0.15) is 17.4 Å². The van der Waals surface area contributed by atoms with Crippen molar-refractivity contribution >= 4 is 26.1 Å². The Balaban J connectivity index is 2.22. The fourth-order valence-corrected chi connectivity index (χ4v) is 4.88. The standard InChI is InChI=1S/C17H22F3NO7S2/c1-16(2,3)27-15(22)14-5-4-10-29(23,24)21(14)11-12-6-8-13(9-7-12)28-30(25,26)17(18,19)20/h6-9,14H,4-5,10-11H2,1-3H3/t14-/m1/s1. The quantitative estimate of drug-likeness (QED) is 0.367. The zero-order valence-electron chi connectivity index (χ0n) is 16.5. The molecular weight excluding hydrogens is 451 g/mol. The number of sulfonamides is 1. The highest BCUT2D eigenvalue weighted by atomic mass is 32.2. The summed E-state index contributed by atoms with van der Waals surface area (Å²) in [5.74, 6) is -1.43. The van der Waals surface area contributed by atoms with Crippen LogP contribution in [0, 0.1) is 0 Å². The molecule has 0 N–H and O–H groups in total. The Morgan fingerprint density at radius 1 is 1.17 bits per heavy atom. The predicted molar refractivity (Wildman–Crippen MR) is 100 cm³/mol. The van der Waals surface area contributed by atoms with Crippen molar-refractivity contribution < 1.29 is 43.7 Å². The van der Waals surface area contributed by atoms with Gasteiger partial charge in [0, 0.05) is 6.54 Å². The SMILES string of the molecule is CC(C)(C)OC(=O)[C@H]1CCCS(=O)(=O)N1Cc1ccc(OS(=O)(=O)C(F)(F)F)cc1. The maximum atomic E-state index is 12.5. The number of hydrogen-bond acceptors (Lipinski definition) is 7. The lowest BCUT2D eigenvalue weighted by molar-refractivity contribution is -0.160. The summed E-state index contributed by atoms with van der Waals surface area (Å²) in [5.41, 5.74) is -6.06. The molecule has 13 heteroatoms. The number of hydrogen-bond donors (Lipinski definition) is 0. The number of benzene rings is 1. The molecule has 1 aliphatic heterocycles. The van der Waals surface area contributed by atoms with Crippen molar-refractivity contribution in [2.24, 2.45) is 0 Å². The van der Waals surface area contributed by atoms with Crippen LogP contribution in [0.15, 0.2) is 24.3 Å². The van der Waals surface area contributed by atoms with Crippen LogP contribution in [-0.2, 0) is 36.2 Å². The van der Waals surface area contributed by atoms with Gasteiger partial charge >= 0.3 is 21.6 Å². The molecule has 30 heavy (non-hydrogen) atoms. The van der Waals surface area contributed by atoms with Crippen LogP contribution in [0.2, 0.25) is 0 Å². The summed E-state index contributed by atoms with van der Waals surface area (Å²) in [6, 6.07) is 3.34. The number of halogens is 3.